The first-order valence-electron chi connectivity index (χ1n) is 5.54. The number of carbonyl (C=O) groups excluding carboxylic acids is 2. The van der Waals surface area contributed by atoms with Crippen LogP contribution in [0.25, 0.3) is 10.9 Å². The minimum absolute atomic E-state index is 0.190. The second-order valence-corrected chi connectivity index (χ2v) is 4.78. The van der Waals surface area contributed by atoms with Gasteiger partial charge >= 0.3 is 5.97 Å². The van der Waals surface area contributed by atoms with Crippen molar-refractivity contribution in [3.63, 3.8) is 0 Å². The van der Waals surface area contributed by atoms with Gasteiger partial charge in [0, 0.05) is 15.4 Å². The Bertz CT molecular complexity index is 630. The third kappa shape index (κ3) is 2.18. The van der Waals surface area contributed by atoms with Crippen LogP contribution in [0.3, 0.4) is 0 Å². The number of H-pyrrole nitrogens is 1. The molecule has 0 amide bonds. The Morgan fingerprint density at radius 2 is 2.11 bits per heavy atom. The van der Waals surface area contributed by atoms with Crippen molar-refractivity contribution >= 4 is 38.6 Å². The van der Waals surface area contributed by atoms with Crippen LogP contribution in [0, 0.1) is 6.92 Å². The highest BCUT2D eigenvalue weighted by Crippen LogP contribution is 2.25. The number of aryl methyl sites for hydroxylation is 1. The van der Waals surface area contributed by atoms with Crippen molar-refractivity contribution < 1.29 is 14.3 Å². The van der Waals surface area contributed by atoms with E-state index in [0.717, 1.165) is 20.9 Å². The molecule has 5 heteroatoms. The highest BCUT2D eigenvalue weighted by atomic mass is 79.9. The molecule has 0 unspecified atom stereocenters. The van der Waals surface area contributed by atoms with Gasteiger partial charge in [0.1, 0.15) is 0 Å². The summed E-state index contributed by atoms with van der Waals surface area (Å²) in [7, 11) is 0. The standard InChI is InChI=1S/C13H12BrNO3/c1-3-18-13(17)12(16)11-7(2)9-6-8(14)4-5-10(9)15-11/h4-6,15H,3H2,1-2H3. The highest BCUT2D eigenvalue weighted by Gasteiger charge is 2.22. The van der Waals surface area contributed by atoms with Gasteiger partial charge in [0.2, 0.25) is 0 Å². The van der Waals surface area contributed by atoms with Crippen LogP contribution in [0.2, 0.25) is 0 Å². The second kappa shape index (κ2) is 4.94. The normalized spacial score (nSPS) is 10.6. The zero-order chi connectivity index (χ0) is 13.3. The van der Waals surface area contributed by atoms with Gasteiger partial charge in [-0.1, -0.05) is 15.9 Å². The largest absolute Gasteiger partial charge is 0.460 e. The molecule has 0 fully saturated rings. The molecule has 1 aromatic carbocycles. The van der Waals surface area contributed by atoms with E-state index in [0.29, 0.717) is 5.69 Å². The van der Waals surface area contributed by atoms with E-state index in [2.05, 4.69) is 20.9 Å². The van der Waals surface area contributed by atoms with Crippen LogP contribution in [0.15, 0.2) is 22.7 Å². The molecule has 0 saturated carbocycles. The molecule has 0 bridgehead atoms. The van der Waals surface area contributed by atoms with Crippen LogP contribution >= 0.6 is 15.9 Å². The fourth-order valence-electron chi connectivity index (χ4n) is 1.82. The van der Waals surface area contributed by atoms with Crippen molar-refractivity contribution in [3.8, 4) is 0 Å². The van der Waals surface area contributed by atoms with Gasteiger partial charge < -0.3 is 9.72 Å². The maximum absolute atomic E-state index is 11.9. The third-order valence-corrected chi connectivity index (χ3v) is 3.20. The summed E-state index contributed by atoms with van der Waals surface area (Å²) in [6, 6.07) is 5.63. The summed E-state index contributed by atoms with van der Waals surface area (Å²) in [5, 5.41) is 0.914. The van der Waals surface area contributed by atoms with E-state index in [1.165, 1.54) is 0 Å². The second-order valence-electron chi connectivity index (χ2n) is 3.86. The third-order valence-electron chi connectivity index (χ3n) is 2.71. The Hall–Kier alpha value is -1.62. The summed E-state index contributed by atoms with van der Waals surface area (Å²) >= 11 is 3.38. The Labute approximate surface area is 112 Å². The fourth-order valence-corrected chi connectivity index (χ4v) is 2.19. The highest BCUT2D eigenvalue weighted by molar-refractivity contribution is 9.10. The van der Waals surface area contributed by atoms with Crippen molar-refractivity contribution in [2.24, 2.45) is 0 Å². The van der Waals surface area contributed by atoms with E-state index in [4.69, 9.17) is 4.74 Å². The number of nitrogens with one attached hydrogen (secondary N) is 1. The van der Waals surface area contributed by atoms with Crippen LogP contribution in [-0.2, 0) is 9.53 Å². The number of esters is 1. The number of ketones is 1. The van der Waals surface area contributed by atoms with E-state index in [9.17, 15) is 9.59 Å². The van der Waals surface area contributed by atoms with Crippen LogP contribution in [0.4, 0.5) is 0 Å². The van der Waals surface area contributed by atoms with E-state index in [-0.39, 0.29) is 6.61 Å². The molecule has 1 heterocycles. The first-order chi connectivity index (χ1) is 8.54. The van der Waals surface area contributed by atoms with Gasteiger partial charge in [-0.05, 0) is 37.6 Å². The van der Waals surface area contributed by atoms with Crippen molar-refractivity contribution in [2.75, 3.05) is 6.61 Å². The number of benzene rings is 1. The fraction of sp³-hybridized carbons (Fsp3) is 0.231. The van der Waals surface area contributed by atoms with Gasteiger partial charge in [0.15, 0.2) is 0 Å². The van der Waals surface area contributed by atoms with Gasteiger partial charge in [-0.25, -0.2) is 4.79 Å². The van der Waals surface area contributed by atoms with Gasteiger partial charge in [0.05, 0.1) is 12.3 Å². The maximum atomic E-state index is 11.9. The number of rotatable bonds is 3. The molecular formula is C13H12BrNO3. The summed E-state index contributed by atoms with van der Waals surface area (Å²) in [5.41, 5.74) is 1.87. The maximum Gasteiger partial charge on any atom is 0.381 e. The number of ether oxygens (including phenoxy) is 1. The molecule has 0 spiro atoms. The lowest BCUT2D eigenvalue weighted by Gasteiger charge is -1.99. The van der Waals surface area contributed by atoms with Gasteiger partial charge in [-0.15, -0.1) is 0 Å². The molecule has 94 valence electrons. The lowest BCUT2D eigenvalue weighted by Crippen LogP contribution is -2.18. The average molecular weight is 310 g/mol. The Kier molecular flexibility index (Phi) is 3.52. The lowest BCUT2D eigenvalue weighted by atomic mass is 10.1. The molecule has 4 nitrogen and oxygen atoms in total. The molecule has 1 N–H and O–H groups in total. The van der Waals surface area contributed by atoms with E-state index in [1.54, 1.807) is 13.8 Å². The number of carbonyl (C=O) groups is 2. The van der Waals surface area contributed by atoms with Crippen LogP contribution in [-0.4, -0.2) is 23.3 Å². The molecule has 0 saturated heterocycles. The number of Topliss-reactive ketones (excluding diaryl/α,β-unsaturated/α-hetero) is 1. The summed E-state index contributed by atoms with van der Waals surface area (Å²) in [6.07, 6.45) is 0. The van der Waals surface area contributed by atoms with E-state index < -0.39 is 11.8 Å². The van der Waals surface area contributed by atoms with Crippen LogP contribution in [0.5, 0.6) is 0 Å². The monoisotopic (exact) mass is 309 g/mol. The first kappa shape index (κ1) is 12.8. The first-order valence-corrected chi connectivity index (χ1v) is 6.33. The SMILES string of the molecule is CCOC(=O)C(=O)c1[nH]c2ccc(Br)cc2c1C. The molecule has 0 radical (unpaired) electrons. The molecular weight excluding hydrogens is 298 g/mol. The number of aromatic amines is 1. The number of halogens is 1. The predicted molar refractivity (Wildman–Crippen MR) is 71.7 cm³/mol. The van der Waals surface area contributed by atoms with Crippen LogP contribution < -0.4 is 0 Å². The summed E-state index contributed by atoms with van der Waals surface area (Å²) < 4.78 is 5.64. The van der Waals surface area contributed by atoms with Crippen molar-refractivity contribution in [1.82, 2.24) is 4.98 Å². The molecule has 2 aromatic rings. The Balaban J connectivity index is 2.49. The van der Waals surface area contributed by atoms with Crippen molar-refractivity contribution in [2.45, 2.75) is 13.8 Å². The van der Waals surface area contributed by atoms with Gasteiger partial charge in [-0.3, -0.25) is 4.79 Å². The zero-order valence-corrected chi connectivity index (χ0v) is 11.6. The van der Waals surface area contributed by atoms with Gasteiger partial charge in [-0.2, -0.15) is 0 Å². The smallest absolute Gasteiger partial charge is 0.381 e. The number of fused-ring (bicyclic) bond motifs is 1. The Morgan fingerprint density at radius 1 is 1.39 bits per heavy atom. The Morgan fingerprint density at radius 3 is 2.78 bits per heavy atom. The zero-order valence-electron chi connectivity index (χ0n) is 10.0. The molecule has 0 atom stereocenters. The molecule has 0 aliphatic rings. The minimum Gasteiger partial charge on any atom is -0.460 e. The van der Waals surface area contributed by atoms with Crippen molar-refractivity contribution in [3.05, 3.63) is 33.9 Å². The summed E-state index contributed by atoms with van der Waals surface area (Å²) in [4.78, 5) is 26.3. The number of hydrogen-bond donors (Lipinski definition) is 1. The topological polar surface area (TPSA) is 59.2 Å². The van der Waals surface area contributed by atoms with Crippen LogP contribution in [0.1, 0.15) is 23.0 Å². The summed E-state index contributed by atoms with van der Waals surface area (Å²) in [6.45, 7) is 3.66. The quantitative estimate of drug-likeness (QED) is 0.538. The van der Waals surface area contributed by atoms with Gasteiger partial charge in [0.25, 0.3) is 5.78 Å². The van der Waals surface area contributed by atoms with E-state index >= 15 is 0 Å². The lowest BCUT2D eigenvalue weighted by molar-refractivity contribution is -0.137. The summed E-state index contributed by atoms with van der Waals surface area (Å²) in [5.74, 6) is -1.46. The number of hydrogen-bond acceptors (Lipinski definition) is 3. The van der Waals surface area contributed by atoms with Crippen molar-refractivity contribution in [1.29, 1.82) is 0 Å². The predicted octanol–water partition coefficient (Wildman–Crippen LogP) is 2.98. The molecule has 2 rings (SSSR count). The number of aromatic nitrogens is 1. The minimum atomic E-state index is -0.828. The van der Waals surface area contributed by atoms with E-state index in [1.807, 2.05) is 18.2 Å². The molecule has 0 aliphatic carbocycles. The molecule has 18 heavy (non-hydrogen) atoms. The molecule has 0 aliphatic heterocycles. The average Bonchev–Trinajstić information content (AvgIpc) is 2.66. The molecule has 1 aromatic heterocycles.